The van der Waals surface area contributed by atoms with E-state index in [-0.39, 0.29) is 22.9 Å². The molecular weight excluding hydrogens is 531 g/mol. The number of ketones is 1. The summed E-state index contributed by atoms with van der Waals surface area (Å²) in [7, 11) is -5.64. The molecule has 9 heteroatoms. The van der Waals surface area contributed by atoms with Crippen LogP contribution < -0.4 is 10.4 Å². The molecule has 6 nitrogen and oxygen atoms in total. The van der Waals surface area contributed by atoms with Crippen molar-refractivity contribution in [2.24, 2.45) is 11.8 Å². The predicted octanol–water partition coefficient (Wildman–Crippen LogP) is 6.11. The number of hydrogen-bond acceptors (Lipinski definition) is 6. The van der Waals surface area contributed by atoms with Crippen LogP contribution in [0, 0.1) is 11.8 Å². The molecule has 3 atom stereocenters. The molecule has 0 aromatic heterocycles. The Morgan fingerprint density at radius 3 is 1.68 bits per heavy atom. The number of carbonyl (C=O) groups excluding carboxylic acids is 1. The van der Waals surface area contributed by atoms with Crippen molar-refractivity contribution in [3.05, 3.63) is 60.7 Å². The van der Waals surface area contributed by atoms with Crippen molar-refractivity contribution in [2.75, 3.05) is 27.0 Å². The molecule has 0 unspecified atom stereocenters. The molecule has 0 amide bonds. The SMILES string of the molecule is COP(=O)(CC(=O)[C@H](C)[C@@H](O[Si](C)(C)C)[C@@H](C)CO[Si](c1ccccc1)(c1ccccc1)C(C)(C)C)OC. The van der Waals surface area contributed by atoms with E-state index in [1.807, 2.05) is 19.1 Å². The van der Waals surface area contributed by atoms with Crippen LogP contribution >= 0.6 is 7.60 Å². The van der Waals surface area contributed by atoms with Crippen LogP contribution in [0.15, 0.2) is 60.7 Å². The smallest absolute Gasteiger partial charge is 0.337 e. The molecule has 0 aliphatic heterocycles. The van der Waals surface area contributed by atoms with Crippen LogP contribution in [0.25, 0.3) is 0 Å². The van der Waals surface area contributed by atoms with Crippen LogP contribution in [0.3, 0.4) is 0 Å². The van der Waals surface area contributed by atoms with Gasteiger partial charge in [-0.2, -0.15) is 0 Å². The second-order valence-electron chi connectivity index (χ2n) is 12.0. The van der Waals surface area contributed by atoms with Crippen LogP contribution in [0.1, 0.15) is 34.6 Å². The van der Waals surface area contributed by atoms with E-state index < -0.39 is 36.3 Å². The van der Waals surface area contributed by atoms with E-state index in [4.69, 9.17) is 17.9 Å². The molecule has 2 aromatic carbocycles. The van der Waals surface area contributed by atoms with Crippen LogP contribution in [-0.4, -0.2) is 55.5 Å². The summed E-state index contributed by atoms with van der Waals surface area (Å²) >= 11 is 0. The first kappa shape index (κ1) is 32.8. The Morgan fingerprint density at radius 1 is 0.868 bits per heavy atom. The summed E-state index contributed by atoms with van der Waals surface area (Å²) in [6.07, 6.45) is -0.677. The summed E-state index contributed by atoms with van der Waals surface area (Å²) in [5.41, 5.74) is 0. The zero-order valence-electron chi connectivity index (χ0n) is 24.8. The Morgan fingerprint density at radius 2 is 1.32 bits per heavy atom. The highest BCUT2D eigenvalue weighted by atomic mass is 31.2. The van der Waals surface area contributed by atoms with E-state index in [0.717, 1.165) is 0 Å². The second-order valence-corrected chi connectivity index (χ2v) is 23.1. The summed E-state index contributed by atoms with van der Waals surface area (Å²) < 4.78 is 36.5. The van der Waals surface area contributed by atoms with Crippen LogP contribution in [0.5, 0.6) is 0 Å². The molecular formula is C29H47O6PSi2. The van der Waals surface area contributed by atoms with Gasteiger partial charge in [0.05, 0.1) is 6.10 Å². The molecule has 2 aromatic rings. The minimum absolute atomic E-state index is 0.0909. The first-order chi connectivity index (χ1) is 17.6. The molecule has 0 bridgehead atoms. The highest BCUT2D eigenvalue weighted by Gasteiger charge is 2.50. The Bertz CT molecular complexity index is 1020. The van der Waals surface area contributed by atoms with Gasteiger partial charge in [-0.3, -0.25) is 9.36 Å². The zero-order valence-corrected chi connectivity index (χ0v) is 27.7. The normalized spacial score (nSPS) is 15.6. The van der Waals surface area contributed by atoms with E-state index in [0.29, 0.717) is 6.61 Å². The average Bonchev–Trinajstić information content (AvgIpc) is 2.87. The summed E-state index contributed by atoms with van der Waals surface area (Å²) in [5, 5.41) is 2.26. The Balaban J connectivity index is 2.47. The number of carbonyl (C=O) groups is 1. The number of Topliss-reactive ketones (excluding diaryl/α,β-unsaturated/α-hetero) is 1. The largest absolute Gasteiger partial charge is 0.414 e. The van der Waals surface area contributed by atoms with E-state index in [9.17, 15) is 9.36 Å². The number of hydrogen-bond donors (Lipinski definition) is 0. The molecule has 0 saturated heterocycles. The van der Waals surface area contributed by atoms with Gasteiger partial charge < -0.3 is 17.9 Å². The maximum Gasteiger partial charge on any atom is 0.337 e. The van der Waals surface area contributed by atoms with Crippen molar-refractivity contribution in [3.63, 3.8) is 0 Å². The van der Waals surface area contributed by atoms with Crippen molar-refractivity contribution in [1.29, 1.82) is 0 Å². The minimum atomic E-state index is -3.47. The fourth-order valence-corrected chi connectivity index (χ4v) is 12.0. The van der Waals surface area contributed by atoms with Crippen molar-refractivity contribution in [3.8, 4) is 0 Å². The summed E-state index contributed by atoms with van der Waals surface area (Å²) in [4.78, 5) is 13.3. The maximum absolute atomic E-state index is 13.3. The first-order valence-electron chi connectivity index (χ1n) is 13.3. The summed E-state index contributed by atoms with van der Waals surface area (Å²) in [5.74, 6) is -0.789. The van der Waals surface area contributed by atoms with Gasteiger partial charge in [0.1, 0.15) is 11.9 Å². The number of benzene rings is 2. The van der Waals surface area contributed by atoms with E-state index in [2.05, 4.69) is 95.9 Å². The highest BCUT2D eigenvalue weighted by molar-refractivity contribution is 7.54. The van der Waals surface area contributed by atoms with Gasteiger partial charge in [0.15, 0.2) is 8.32 Å². The van der Waals surface area contributed by atoms with Crippen LogP contribution in [-0.2, 0) is 27.3 Å². The van der Waals surface area contributed by atoms with Crippen LogP contribution in [0.2, 0.25) is 24.7 Å². The topological polar surface area (TPSA) is 71.1 Å². The average molecular weight is 579 g/mol. The predicted molar refractivity (Wildman–Crippen MR) is 162 cm³/mol. The maximum atomic E-state index is 13.3. The number of rotatable bonds is 14. The Kier molecular flexibility index (Phi) is 11.5. The molecule has 0 aliphatic carbocycles. The molecule has 0 saturated carbocycles. The summed E-state index contributed by atoms with van der Waals surface area (Å²) in [6.45, 7) is 17.4. The lowest BCUT2D eigenvalue weighted by Gasteiger charge is -2.44. The van der Waals surface area contributed by atoms with Gasteiger partial charge in [-0.05, 0) is 35.1 Å². The van der Waals surface area contributed by atoms with Gasteiger partial charge in [-0.1, -0.05) is 95.3 Å². The standard InChI is InChI=1S/C29H47O6PSi2/c1-23(28(35-37(8,9)10)24(2)27(30)22-36(31,32-6)33-7)21-34-38(29(3,4)5,25-17-13-11-14-18-25)26-19-15-12-16-20-26/h11-20,23-24,28H,21-22H2,1-10H3/t23-,24-,28-/m0/s1. The Hall–Kier alpha value is -1.39. The molecule has 0 radical (unpaired) electrons. The van der Waals surface area contributed by atoms with Crippen LogP contribution in [0.4, 0.5) is 0 Å². The van der Waals surface area contributed by atoms with Gasteiger partial charge >= 0.3 is 7.60 Å². The van der Waals surface area contributed by atoms with E-state index in [1.54, 1.807) is 0 Å². The van der Waals surface area contributed by atoms with Gasteiger partial charge in [0.2, 0.25) is 0 Å². The van der Waals surface area contributed by atoms with Crippen molar-refractivity contribution >= 4 is 40.4 Å². The third-order valence-corrected chi connectivity index (χ3v) is 14.7. The van der Waals surface area contributed by atoms with E-state index >= 15 is 0 Å². The molecule has 2 rings (SSSR count). The molecule has 38 heavy (non-hydrogen) atoms. The fourth-order valence-electron chi connectivity index (χ4n) is 4.95. The molecule has 0 fully saturated rings. The molecule has 212 valence electrons. The van der Waals surface area contributed by atoms with Crippen molar-refractivity contribution in [1.82, 2.24) is 0 Å². The van der Waals surface area contributed by atoms with Gasteiger partial charge in [0, 0.05) is 32.7 Å². The quantitative estimate of drug-likeness (QED) is 0.199. The molecule has 0 N–H and O–H groups in total. The van der Waals surface area contributed by atoms with Gasteiger partial charge in [-0.25, -0.2) is 0 Å². The lowest BCUT2D eigenvalue weighted by Crippen LogP contribution is -2.67. The summed E-state index contributed by atoms with van der Waals surface area (Å²) in [6, 6.07) is 21.0. The molecule has 0 heterocycles. The first-order valence-corrected chi connectivity index (χ1v) is 20.3. The van der Waals surface area contributed by atoms with Gasteiger partial charge in [0.25, 0.3) is 8.32 Å². The lowest BCUT2D eigenvalue weighted by molar-refractivity contribution is -0.124. The third-order valence-electron chi connectivity index (χ3n) is 6.94. The second kappa shape index (κ2) is 13.3. The van der Waals surface area contributed by atoms with Crippen molar-refractivity contribution < 1.29 is 27.3 Å². The Labute approximate surface area is 232 Å². The zero-order chi connectivity index (χ0) is 28.8. The molecule has 0 aliphatic rings. The third kappa shape index (κ3) is 8.07. The highest BCUT2D eigenvalue weighted by Crippen LogP contribution is 2.47. The monoisotopic (exact) mass is 578 g/mol. The van der Waals surface area contributed by atoms with E-state index in [1.165, 1.54) is 24.6 Å². The van der Waals surface area contributed by atoms with Crippen molar-refractivity contribution in [2.45, 2.75) is 65.4 Å². The minimum Gasteiger partial charge on any atom is -0.414 e. The molecule has 0 spiro atoms. The lowest BCUT2D eigenvalue weighted by atomic mass is 9.91. The van der Waals surface area contributed by atoms with Gasteiger partial charge in [-0.15, -0.1) is 0 Å². The fraction of sp³-hybridized carbons (Fsp3) is 0.552.